The van der Waals surface area contributed by atoms with Gasteiger partial charge in [0, 0.05) is 18.0 Å². The normalized spacial score (nSPS) is 17.1. The number of carbonyl (C=O) groups excluding carboxylic acids is 2. The van der Waals surface area contributed by atoms with Gasteiger partial charge in [0.25, 0.3) is 0 Å². The van der Waals surface area contributed by atoms with E-state index in [1.54, 1.807) is 37.8 Å². The van der Waals surface area contributed by atoms with Crippen molar-refractivity contribution in [3.8, 4) is 0 Å². The Kier molecular flexibility index (Phi) is 6.16. The van der Waals surface area contributed by atoms with Crippen molar-refractivity contribution in [3.63, 3.8) is 0 Å². The summed E-state index contributed by atoms with van der Waals surface area (Å²) in [6.45, 7) is 7.69. The van der Waals surface area contributed by atoms with E-state index in [1.165, 1.54) is 12.1 Å². The van der Waals surface area contributed by atoms with E-state index in [9.17, 15) is 14.0 Å². The Morgan fingerprint density at radius 3 is 2.55 bits per heavy atom. The largest absolute Gasteiger partial charge is 0.460 e. The van der Waals surface area contributed by atoms with Crippen LogP contribution >= 0.6 is 0 Å². The van der Waals surface area contributed by atoms with Gasteiger partial charge in [0.15, 0.2) is 0 Å². The molecule has 152 valence electrons. The minimum absolute atomic E-state index is 0.0924. The van der Waals surface area contributed by atoms with Gasteiger partial charge in [0.05, 0.1) is 18.2 Å². The maximum atomic E-state index is 13.8. The third-order valence-electron chi connectivity index (χ3n) is 5.06. The van der Waals surface area contributed by atoms with Crippen molar-refractivity contribution < 1.29 is 18.7 Å². The first kappa shape index (κ1) is 20.8. The fourth-order valence-corrected chi connectivity index (χ4v) is 3.75. The first-order valence-electron chi connectivity index (χ1n) is 9.79. The second-order valence-corrected chi connectivity index (χ2v) is 7.73. The number of aryl methyl sites for hydroxylation is 1. The van der Waals surface area contributed by atoms with E-state index in [2.05, 4.69) is 0 Å². The van der Waals surface area contributed by atoms with Crippen LogP contribution in [-0.4, -0.2) is 22.9 Å². The minimum atomic E-state index is -0.529. The van der Waals surface area contributed by atoms with E-state index in [0.717, 1.165) is 11.1 Å². The molecule has 0 spiro atoms. The number of esters is 1. The third-order valence-corrected chi connectivity index (χ3v) is 5.06. The number of amides is 1. The predicted octanol–water partition coefficient (Wildman–Crippen LogP) is 4.88. The van der Waals surface area contributed by atoms with Crippen LogP contribution in [0, 0.1) is 12.7 Å². The molecule has 1 amide bonds. The van der Waals surface area contributed by atoms with Crippen LogP contribution in [0.2, 0.25) is 0 Å². The standard InChI is InChI=1S/C24H26FNO3/c1-15(2)29-24(28)23-17(4)26(14-18-8-5-7-16(3)11-18)22(27)13-21(23)19-9-6-10-20(25)12-19/h5-12,15,21H,13-14H2,1-4H3. The number of nitrogens with zero attached hydrogens (tertiary/aromatic N) is 1. The van der Waals surface area contributed by atoms with Crippen LogP contribution in [0.3, 0.4) is 0 Å². The number of carbonyl (C=O) groups is 2. The highest BCUT2D eigenvalue weighted by Gasteiger charge is 2.37. The summed E-state index contributed by atoms with van der Waals surface area (Å²) in [5.74, 6) is -1.49. The predicted molar refractivity (Wildman–Crippen MR) is 109 cm³/mol. The Balaban J connectivity index is 2.04. The fourth-order valence-electron chi connectivity index (χ4n) is 3.75. The smallest absolute Gasteiger partial charge is 0.336 e. The maximum Gasteiger partial charge on any atom is 0.336 e. The lowest BCUT2D eigenvalue weighted by molar-refractivity contribution is -0.143. The number of hydrogen-bond donors (Lipinski definition) is 0. The first-order valence-corrected chi connectivity index (χ1v) is 9.79. The molecule has 2 aromatic carbocycles. The Hall–Kier alpha value is -2.95. The van der Waals surface area contributed by atoms with Gasteiger partial charge >= 0.3 is 5.97 Å². The Morgan fingerprint density at radius 1 is 1.17 bits per heavy atom. The molecule has 1 atom stereocenters. The lowest BCUT2D eigenvalue weighted by Gasteiger charge is -2.35. The molecule has 1 unspecified atom stereocenters. The quantitative estimate of drug-likeness (QED) is 0.678. The molecule has 3 rings (SSSR count). The zero-order chi connectivity index (χ0) is 21.1. The molecule has 4 nitrogen and oxygen atoms in total. The van der Waals surface area contributed by atoms with E-state index >= 15 is 0 Å². The van der Waals surface area contributed by atoms with Crippen LogP contribution in [0.5, 0.6) is 0 Å². The summed E-state index contributed by atoms with van der Waals surface area (Å²) in [5.41, 5.74) is 3.66. The molecule has 1 heterocycles. The van der Waals surface area contributed by atoms with Gasteiger partial charge in [0.1, 0.15) is 5.82 Å². The molecule has 0 aromatic heterocycles. The summed E-state index contributed by atoms with van der Waals surface area (Å²) in [6, 6.07) is 14.0. The van der Waals surface area contributed by atoms with Crippen LogP contribution in [-0.2, 0) is 20.9 Å². The van der Waals surface area contributed by atoms with Gasteiger partial charge in [-0.3, -0.25) is 4.79 Å². The van der Waals surface area contributed by atoms with Crippen molar-refractivity contribution in [1.29, 1.82) is 0 Å². The van der Waals surface area contributed by atoms with E-state index in [1.807, 2.05) is 31.2 Å². The molecule has 0 saturated carbocycles. The van der Waals surface area contributed by atoms with Gasteiger partial charge in [-0.25, -0.2) is 9.18 Å². The summed E-state index contributed by atoms with van der Waals surface area (Å²) in [7, 11) is 0. The fraction of sp³-hybridized carbons (Fsp3) is 0.333. The SMILES string of the molecule is CC1=C(C(=O)OC(C)C)C(c2cccc(F)c2)CC(=O)N1Cc1cccc(C)c1. The van der Waals surface area contributed by atoms with Crippen molar-refractivity contribution >= 4 is 11.9 Å². The van der Waals surface area contributed by atoms with Crippen LogP contribution in [0.4, 0.5) is 4.39 Å². The van der Waals surface area contributed by atoms with Crippen molar-refractivity contribution in [2.75, 3.05) is 0 Å². The minimum Gasteiger partial charge on any atom is -0.460 e. The molecule has 0 N–H and O–H groups in total. The summed E-state index contributed by atoms with van der Waals surface area (Å²) >= 11 is 0. The first-order chi connectivity index (χ1) is 13.8. The van der Waals surface area contributed by atoms with Crippen molar-refractivity contribution in [3.05, 3.63) is 82.3 Å². The Labute approximate surface area is 171 Å². The molecule has 1 aliphatic rings. The lowest BCUT2D eigenvalue weighted by Crippen LogP contribution is -2.38. The molecule has 0 aliphatic carbocycles. The molecule has 0 radical (unpaired) electrons. The van der Waals surface area contributed by atoms with Crippen LogP contribution in [0.1, 0.15) is 49.8 Å². The lowest BCUT2D eigenvalue weighted by atomic mass is 9.83. The molecule has 0 bridgehead atoms. The Morgan fingerprint density at radius 2 is 1.90 bits per heavy atom. The number of allylic oxidation sites excluding steroid dienone is 1. The van der Waals surface area contributed by atoms with Crippen molar-refractivity contribution in [2.45, 2.75) is 52.7 Å². The second-order valence-electron chi connectivity index (χ2n) is 7.73. The summed E-state index contributed by atoms with van der Waals surface area (Å²) < 4.78 is 19.3. The molecular weight excluding hydrogens is 369 g/mol. The van der Waals surface area contributed by atoms with Gasteiger partial charge in [-0.1, -0.05) is 42.0 Å². The molecule has 2 aromatic rings. The van der Waals surface area contributed by atoms with Crippen LogP contribution in [0.25, 0.3) is 0 Å². The zero-order valence-corrected chi connectivity index (χ0v) is 17.2. The molecule has 29 heavy (non-hydrogen) atoms. The number of rotatable bonds is 5. The summed E-state index contributed by atoms with van der Waals surface area (Å²) in [4.78, 5) is 27.6. The van der Waals surface area contributed by atoms with Crippen LogP contribution < -0.4 is 0 Å². The number of ether oxygens (including phenoxy) is 1. The Bertz CT molecular complexity index is 964. The van der Waals surface area contributed by atoms with Gasteiger partial charge < -0.3 is 9.64 Å². The number of benzene rings is 2. The maximum absolute atomic E-state index is 13.8. The van der Waals surface area contributed by atoms with Gasteiger partial charge in [-0.15, -0.1) is 0 Å². The molecule has 5 heteroatoms. The highest BCUT2D eigenvalue weighted by molar-refractivity contribution is 5.96. The van der Waals surface area contributed by atoms with Crippen LogP contribution in [0.15, 0.2) is 59.8 Å². The topological polar surface area (TPSA) is 46.6 Å². The summed E-state index contributed by atoms with van der Waals surface area (Å²) in [5, 5.41) is 0. The zero-order valence-electron chi connectivity index (χ0n) is 17.2. The molecular formula is C24H26FNO3. The number of hydrogen-bond acceptors (Lipinski definition) is 3. The summed E-state index contributed by atoms with van der Waals surface area (Å²) in [6.07, 6.45) is -0.200. The number of halogens is 1. The average molecular weight is 395 g/mol. The third kappa shape index (κ3) is 4.73. The monoisotopic (exact) mass is 395 g/mol. The van der Waals surface area contributed by atoms with Crippen molar-refractivity contribution in [1.82, 2.24) is 4.90 Å². The van der Waals surface area contributed by atoms with Gasteiger partial charge in [0.2, 0.25) is 5.91 Å². The van der Waals surface area contributed by atoms with Gasteiger partial charge in [-0.2, -0.15) is 0 Å². The van der Waals surface area contributed by atoms with E-state index in [-0.39, 0.29) is 18.4 Å². The van der Waals surface area contributed by atoms with E-state index in [4.69, 9.17) is 4.74 Å². The molecule has 0 fully saturated rings. The molecule has 1 aliphatic heterocycles. The average Bonchev–Trinajstić information content (AvgIpc) is 2.64. The highest BCUT2D eigenvalue weighted by atomic mass is 19.1. The molecule has 0 saturated heterocycles. The second kappa shape index (κ2) is 8.60. The van der Waals surface area contributed by atoms with E-state index in [0.29, 0.717) is 23.4 Å². The van der Waals surface area contributed by atoms with Gasteiger partial charge in [-0.05, 0) is 51.0 Å². The van der Waals surface area contributed by atoms with E-state index < -0.39 is 17.7 Å². The highest BCUT2D eigenvalue weighted by Crippen LogP contribution is 2.38. The van der Waals surface area contributed by atoms with Crippen molar-refractivity contribution in [2.24, 2.45) is 0 Å².